The monoisotopic (exact) mass is 274 g/mol. The highest BCUT2D eigenvalue weighted by atomic mass is 31.0. The molecule has 0 radical (unpaired) electrons. The summed E-state index contributed by atoms with van der Waals surface area (Å²) < 4.78 is 12.5. The van der Waals surface area contributed by atoms with Gasteiger partial charge in [0, 0.05) is 6.00 Å². The quantitative estimate of drug-likeness (QED) is 0.579. The Morgan fingerprint density at radius 2 is 2.00 bits per heavy atom. The molecule has 100 valence electrons. The van der Waals surface area contributed by atoms with Crippen LogP contribution in [-0.4, -0.2) is 33.5 Å². The third-order valence-corrected chi connectivity index (χ3v) is 9.22. The highest BCUT2D eigenvalue weighted by Gasteiger charge is 2.43. The van der Waals surface area contributed by atoms with E-state index in [9.17, 15) is 0 Å². The van der Waals surface area contributed by atoms with Gasteiger partial charge < -0.3 is 9.16 Å². The fourth-order valence-electron chi connectivity index (χ4n) is 1.99. The second-order valence-electron chi connectivity index (χ2n) is 6.59. The average molecular weight is 274 g/mol. The van der Waals surface area contributed by atoms with E-state index in [0.29, 0.717) is 18.2 Å². The molecule has 2 nitrogen and oxygen atoms in total. The van der Waals surface area contributed by atoms with Gasteiger partial charge in [-0.1, -0.05) is 27.7 Å². The molecule has 1 aliphatic heterocycles. The molecule has 1 rings (SSSR count). The first kappa shape index (κ1) is 15.7. The highest BCUT2D eigenvalue weighted by Crippen LogP contribution is 2.39. The molecule has 0 bridgehead atoms. The topological polar surface area (TPSA) is 18.5 Å². The second kappa shape index (κ2) is 5.73. The van der Waals surface area contributed by atoms with E-state index in [-0.39, 0.29) is 5.04 Å². The molecule has 1 saturated heterocycles. The van der Waals surface area contributed by atoms with E-state index in [1.165, 1.54) is 0 Å². The lowest BCUT2D eigenvalue weighted by Crippen LogP contribution is -2.45. The van der Waals surface area contributed by atoms with Crippen molar-refractivity contribution in [3.05, 3.63) is 0 Å². The van der Waals surface area contributed by atoms with Crippen LogP contribution >= 0.6 is 9.12 Å². The van der Waals surface area contributed by atoms with Crippen molar-refractivity contribution in [2.24, 2.45) is 0 Å². The van der Waals surface area contributed by atoms with Crippen LogP contribution in [0.15, 0.2) is 0 Å². The molecule has 17 heavy (non-hydrogen) atoms. The van der Waals surface area contributed by atoms with E-state index < -0.39 is 8.32 Å². The van der Waals surface area contributed by atoms with Crippen molar-refractivity contribution < 1.29 is 9.16 Å². The average Bonchev–Trinajstić information content (AvgIpc) is 2.58. The van der Waals surface area contributed by atoms with E-state index in [4.69, 9.17) is 9.16 Å². The van der Waals surface area contributed by atoms with Crippen molar-refractivity contribution >= 4 is 24.4 Å². The minimum atomic E-state index is -1.66. The zero-order chi connectivity index (χ0) is 13.3. The molecular weight excluding hydrogens is 246 g/mol. The van der Waals surface area contributed by atoms with Crippen LogP contribution in [0.5, 0.6) is 0 Å². The Morgan fingerprint density at radius 3 is 2.41 bits per heavy atom. The van der Waals surface area contributed by atoms with Crippen LogP contribution in [0.25, 0.3) is 0 Å². The number of ether oxygens (including phenoxy) is 1. The number of hydrogen-bond donors (Lipinski definition) is 0. The maximum atomic E-state index is 6.50. The zero-order valence-corrected chi connectivity index (χ0v) is 14.4. The summed E-state index contributed by atoms with van der Waals surface area (Å²) in [6, 6.07) is 0.375. The van der Waals surface area contributed by atoms with Crippen LogP contribution in [0, 0.1) is 0 Å². The summed E-state index contributed by atoms with van der Waals surface area (Å²) >= 11 is 0. The SMILES string of the molecule is CC[C@H]1O[C@@H](BP)C[C@H]1O[Si](C)(C)C(C)(C)C. The highest BCUT2D eigenvalue weighted by molar-refractivity contribution is 7.55. The molecule has 5 heteroatoms. The van der Waals surface area contributed by atoms with Crippen LogP contribution in [0.3, 0.4) is 0 Å². The summed E-state index contributed by atoms with van der Waals surface area (Å²) in [5.41, 5.74) is 0. The first-order valence-electron chi connectivity index (χ1n) is 6.74. The van der Waals surface area contributed by atoms with Gasteiger partial charge in [-0.15, -0.1) is 0 Å². The number of hydrogen-bond acceptors (Lipinski definition) is 2. The Balaban J connectivity index is 2.67. The zero-order valence-electron chi connectivity index (χ0n) is 12.2. The Hall–Kier alpha value is 0.632. The smallest absolute Gasteiger partial charge is 0.192 e. The normalized spacial score (nSPS) is 30.6. The molecule has 0 aromatic carbocycles. The summed E-state index contributed by atoms with van der Waals surface area (Å²) in [4.78, 5) is 0. The predicted octanol–water partition coefficient (Wildman–Crippen LogP) is 3.13. The van der Waals surface area contributed by atoms with Crippen molar-refractivity contribution in [1.29, 1.82) is 0 Å². The third kappa shape index (κ3) is 3.79. The van der Waals surface area contributed by atoms with Gasteiger partial charge in [0.1, 0.15) is 0 Å². The first-order valence-corrected chi connectivity index (χ1v) is 10.5. The van der Waals surface area contributed by atoms with Crippen molar-refractivity contribution in [3.8, 4) is 0 Å². The van der Waals surface area contributed by atoms with Gasteiger partial charge in [-0.25, -0.2) is 0 Å². The molecule has 0 amide bonds. The van der Waals surface area contributed by atoms with E-state index in [0.717, 1.165) is 19.8 Å². The molecule has 1 heterocycles. The van der Waals surface area contributed by atoms with E-state index >= 15 is 0 Å². The van der Waals surface area contributed by atoms with Gasteiger partial charge in [0.2, 0.25) is 0 Å². The molecule has 1 fully saturated rings. The lowest BCUT2D eigenvalue weighted by Gasteiger charge is -2.39. The fourth-order valence-corrected chi connectivity index (χ4v) is 3.65. The van der Waals surface area contributed by atoms with Crippen molar-refractivity contribution in [2.75, 3.05) is 0 Å². The van der Waals surface area contributed by atoms with Crippen LogP contribution in [0.1, 0.15) is 40.5 Å². The van der Waals surface area contributed by atoms with Gasteiger partial charge >= 0.3 is 0 Å². The molecule has 0 aliphatic carbocycles. The Bertz CT molecular complexity index is 255. The molecule has 0 aromatic rings. The summed E-state index contributed by atoms with van der Waals surface area (Å²) in [6.45, 7) is 14.8. The molecule has 1 aliphatic rings. The summed E-state index contributed by atoms with van der Waals surface area (Å²) in [7, 11) is 1.13. The fraction of sp³-hybridized carbons (Fsp3) is 1.00. The lowest BCUT2D eigenvalue weighted by molar-refractivity contribution is 0.0347. The third-order valence-electron chi connectivity index (χ3n) is 4.19. The molecule has 0 saturated carbocycles. The maximum Gasteiger partial charge on any atom is 0.192 e. The molecule has 1 unspecified atom stereocenters. The van der Waals surface area contributed by atoms with Gasteiger partial charge in [0.05, 0.1) is 12.2 Å². The Kier molecular flexibility index (Phi) is 5.29. The van der Waals surface area contributed by atoms with Crippen LogP contribution in [0.4, 0.5) is 0 Å². The maximum absolute atomic E-state index is 6.50. The summed E-state index contributed by atoms with van der Waals surface area (Å²) in [6.07, 6.45) is 2.73. The van der Waals surface area contributed by atoms with Crippen LogP contribution in [0.2, 0.25) is 18.1 Å². The van der Waals surface area contributed by atoms with Gasteiger partial charge in [-0.3, -0.25) is 0 Å². The van der Waals surface area contributed by atoms with Crippen molar-refractivity contribution in [3.63, 3.8) is 0 Å². The van der Waals surface area contributed by atoms with E-state index in [2.05, 4.69) is 49.9 Å². The Morgan fingerprint density at radius 1 is 1.41 bits per heavy atom. The second-order valence-corrected chi connectivity index (χ2v) is 11.8. The Labute approximate surface area is 111 Å². The largest absolute Gasteiger partial charge is 0.411 e. The van der Waals surface area contributed by atoms with E-state index in [1.54, 1.807) is 0 Å². The van der Waals surface area contributed by atoms with Gasteiger partial charge in [-0.2, -0.15) is 9.12 Å². The summed E-state index contributed by atoms with van der Waals surface area (Å²) in [5.74, 6) is 0. The molecule has 0 N–H and O–H groups in total. The minimum Gasteiger partial charge on any atom is -0.411 e. The molecule has 4 atom stereocenters. The predicted molar refractivity (Wildman–Crippen MR) is 82.5 cm³/mol. The molecule has 0 spiro atoms. The van der Waals surface area contributed by atoms with Gasteiger partial charge in [0.25, 0.3) is 0 Å². The van der Waals surface area contributed by atoms with Crippen molar-refractivity contribution in [2.45, 2.75) is 76.9 Å². The van der Waals surface area contributed by atoms with Crippen molar-refractivity contribution in [1.82, 2.24) is 0 Å². The standard InChI is InChI=1S/C12H28BO2PSi/c1-7-9-10(8-11(13-16)14-9)15-17(5,6)12(2,3)4/h9-11,13H,7-8,16H2,1-6H3/t9-,10-,11-/m1/s1. The molecule has 0 aromatic heterocycles. The number of rotatable bonds is 4. The van der Waals surface area contributed by atoms with Gasteiger partial charge in [0.15, 0.2) is 15.3 Å². The van der Waals surface area contributed by atoms with Crippen LogP contribution < -0.4 is 0 Å². The molecular formula is C12H28BO2PSi. The van der Waals surface area contributed by atoms with E-state index in [1.807, 2.05) is 0 Å². The lowest BCUT2D eigenvalue weighted by atomic mass is 9.94. The van der Waals surface area contributed by atoms with Gasteiger partial charge in [-0.05, 0) is 31.0 Å². The summed E-state index contributed by atoms with van der Waals surface area (Å²) in [5, 5.41) is 0.282. The first-order chi connectivity index (χ1) is 7.71. The van der Waals surface area contributed by atoms with Crippen LogP contribution in [-0.2, 0) is 9.16 Å². The minimum absolute atomic E-state index is 0.282.